The third-order valence-electron chi connectivity index (χ3n) is 0.764. The van der Waals surface area contributed by atoms with Crippen molar-refractivity contribution < 1.29 is 22.5 Å². The van der Waals surface area contributed by atoms with Crippen LogP contribution in [0, 0.1) is 0 Å². The van der Waals surface area contributed by atoms with E-state index in [2.05, 4.69) is 4.74 Å². The Morgan fingerprint density at radius 3 is 2.33 bits per heavy atom. The third kappa shape index (κ3) is 6.66. The van der Waals surface area contributed by atoms with Crippen LogP contribution in [0.15, 0.2) is 0 Å². The Morgan fingerprint density at radius 2 is 2.00 bits per heavy atom. The van der Waals surface area contributed by atoms with Gasteiger partial charge in [-0.3, -0.25) is 4.55 Å². The van der Waals surface area contributed by atoms with E-state index in [9.17, 15) is 13.2 Å². The minimum atomic E-state index is -4.11. The third-order valence-corrected chi connectivity index (χ3v) is 1.80. The van der Waals surface area contributed by atoms with Crippen molar-refractivity contribution in [3.8, 4) is 0 Å². The Morgan fingerprint density at radius 1 is 1.50 bits per heavy atom. The molecule has 72 valence electrons. The molecule has 0 amide bonds. The highest BCUT2D eigenvalue weighted by molar-refractivity contribution is 7.85. The van der Waals surface area contributed by atoms with Gasteiger partial charge in [0, 0.05) is 0 Å². The van der Waals surface area contributed by atoms with Crippen molar-refractivity contribution >= 4 is 39.3 Å². The van der Waals surface area contributed by atoms with Gasteiger partial charge in [-0.05, 0) is 0 Å². The Balaban J connectivity index is 3.66. The van der Waals surface area contributed by atoms with Crippen molar-refractivity contribution in [2.75, 3.05) is 12.4 Å². The van der Waals surface area contributed by atoms with Gasteiger partial charge in [0.2, 0.25) is 4.84 Å². The summed E-state index contributed by atoms with van der Waals surface area (Å²) in [5.74, 6) is -1.61. The van der Waals surface area contributed by atoms with Crippen LogP contribution in [0.5, 0.6) is 0 Å². The number of ether oxygens (including phenoxy) is 1. The number of carbonyl (C=O) groups is 1. The molecule has 1 N–H and O–H groups in total. The van der Waals surface area contributed by atoms with E-state index in [1.165, 1.54) is 0 Å². The first kappa shape index (κ1) is 12.0. The van der Waals surface area contributed by atoms with Gasteiger partial charge in [0.25, 0.3) is 10.1 Å². The number of hydrogen-bond acceptors (Lipinski definition) is 4. The minimum Gasteiger partial charge on any atom is -0.463 e. The maximum atomic E-state index is 10.5. The molecule has 0 spiro atoms. The van der Waals surface area contributed by atoms with E-state index in [0.29, 0.717) is 0 Å². The van der Waals surface area contributed by atoms with Crippen LogP contribution in [0.3, 0.4) is 0 Å². The average Bonchev–Trinajstić information content (AvgIpc) is 1.84. The van der Waals surface area contributed by atoms with Crippen LogP contribution < -0.4 is 0 Å². The molecule has 0 unspecified atom stereocenters. The molecule has 0 radical (unpaired) electrons. The zero-order valence-corrected chi connectivity index (χ0v) is 8.06. The molecule has 0 fully saturated rings. The normalized spacial score (nSPS) is 11.7. The van der Waals surface area contributed by atoms with Gasteiger partial charge in [-0.2, -0.15) is 8.42 Å². The molecule has 8 heteroatoms. The van der Waals surface area contributed by atoms with E-state index in [-0.39, 0.29) is 0 Å². The van der Waals surface area contributed by atoms with Gasteiger partial charge in [-0.25, -0.2) is 4.79 Å². The van der Waals surface area contributed by atoms with E-state index in [0.717, 1.165) is 0 Å². The summed E-state index contributed by atoms with van der Waals surface area (Å²) >= 11 is 10.1. The summed E-state index contributed by atoms with van der Waals surface area (Å²) in [7, 11) is -4.11. The van der Waals surface area contributed by atoms with Gasteiger partial charge in [0.15, 0.2) is 0 Å². The summed E-state index contributed by atoms with van der Waals surface area (Å²) in [4.78, 5) is 9.12. The molecule has 0 heterocycles. The maximum Gasteiger partial charge on any atom is 0.339 e. The Labute approximate surface area is 79.3 Å². The van der Waals surface area contributed by atoms with Gasteiger partial charge in [-0.1, -0.05) is 23.2 Å². The highest BCUT2D eigenvalue weighted by Gasteiger charge is 2.14. The monoisotopic (exact) mass is 236 g/mol. The molecule has 12 heavy (non-hydrogen) atoms. The quantitative estimate of drug-likeness (QED) is 0.429. The largest absolute Gasteiger partial charge is 0.463 e. The van der Waals surface area contributed by atoms with Gasteiger partial charge in [0.05, 0.1) is 0 Å². The molecule has 0 aliphatic heterocycles. The zero-order chi connectivity index (χ0) is 9.78. The van der Waals surface area contributed by atoms with E-state index in [1.54, 1.807) is 0 Å². The summed E-state index contributed by atoms with van der Waals surface area (Å²) in [5, 5.41) is 0. The first-order valence-electron chi connectivity index (χ1n) is 2.73. The van der Waals surface area contributed by atoms with Crippen molar-refractivity contribution in [3.63, 3.8) is 0 Å². The van der Waals surface area contributed by atoms with Gasteiger partial charge < -0.3 is 4.74 Å². The van der Waals surface area contributed by atoms with E-state index in [4.69, 9.17) is 27.8 Å². The lowest BCUT2D eigenvalue weighted by atomic mass is 10.7. The standard InChI is InChI=1S/C4H6Cl2O5S/c5-3(6)4(7)11-1-2-12(8,9)10/h3H,1-2H2,(H,8,9,10). The number of esters is 1. The molecule has 0 aromatic rings. The first-order chi connectivity index (χ1) is 5.33. The number of halogens is 2. The Kier molecular flexibility index (Phi) is 4.84. The second-order valence-electron chi connectivity index (χ2n) is 1.75. The van der Waals surface area contributed by atoms with Crippen molar-refractivity contribution in [2.24, 2.45) is 0 Å². The molecule has 0 rings (SSSR count). The molecule has 5 nitrogen and oxygen atoms in total. The fourth-order valence-electron chi connectivity index (χ4n) is 0.311. The molecule has 0 atom stereocenters. The van der Waals surface area contributed by atoms with Crippen LogP contribution in [-0.4, -0.2) is 36.1 Å². The molecular formula is C4H6Cl2O5S. The number of alkyl halides is 2. The van der Waals surface area contributed by atoms with Crippen LogP contribution in [-0.2, 0) is 19.6 Å². The lowest BCUT2D eigenvalue weighted by Crippen LogP contribution is -2.18. The SMILES string of the molecule is O=C(OCCS(=O)(=O)O)C(Cl)Cl. The summed E-state index contributed by atoms with van der Waals surface area (Å²) in [6, 6.07) is 0. The highest BCUT2D eigenvalue weighted by atomic mass is 35.5. The molecule has 0 aromatic heterocycles. The van der Waals surface area contributed by atoms with Crippen molar-refractivity contribution in [3.05, 3.63) is 0 Å². The predicted molar refractivity (Wildman–Crippen MR) is 42.9 cm³/mol. The Hall–Kier alpha value is -0.0400. The molecule has 0 aromatic carbocycles. The molecule has 0 saturated carbocycles. The molecule has 0 aliphatic carbocycles. The fraction of sp³-hybridized carbons (Fsp3) is 0.750. The summed E-state index contributed by atoms with van der Waals surface area (Å²) in [5.41, 5.74) is 0. The van der Waals surface area contributed by atoms with Gasteiger partial charge >= 0.3 is 5.97 Å². The van der Waals surface area contributed by atoms with E-state index >= 15 is 0 Å². The summed E-state index contributed by atoms with van der Waals surface area (Å²) in [6.07, 6.45) is 0. The average molecular weight is 237 g/mol. The van der Waals surface area contributed by atoms with Crippen LogP contribution in [0.2, 0.25) is 0 Å². The topological polar surface area (TPSA) is 80.7 Å². The number of hydrogen-bond donors (Lipinski definition) is 1. The summed E-state index contributed by atoms with van der Waals surface area (Å²) < 4.78 is 32.6. The van der Waals surface area contributed by atoms with Crippen molar-refractivity contribution in [1.82, 2.24) is 0 Å². The van der Waals surface area contributed by atoms with Crippen LogP contribution in [0.4, 0.5) is 0 Å². The van der Waals surface area contributed by atoms with Gasteiger partial charge in [0.1, 0.15) is 12.4 Å². The second kappa shape index (κ2) is 4.86. The van der Waals surface area contributed by atoms with E-state index < -0.39 is 33.3 Å². The minimum absolute atomic E-state index is 0.465. The molecule has 0 bridgehead atoms. The van der Waals surface area contributed by atoms with Crippen molar-refractivity contribution in [1.29, 1.82) is 0 Å². The first-order valence-corrected chi connectivity index (χ1v) is 5.21. The lowest BCUT2D eigenvalue weighted by molar-refractivity contribution is -0.140. The van der Waals surface area contributed by atoms with E-state index in [1.807, 2.05) is 0 Å². The van der Waals surface area contributed by atoms with Crippen LogP contribution in [0.1, 0.15) is 0 Å². The maximum absolute atomic E-state index is 10.5. The number of rotatable bonds is 4. The fourth-order valence-corrected chi connectivity index (χ4v) is 0.731. The lowest BCUT2D eigenvalue weighted by Gasteiger charge is -2.02. The molecule has 0 saturated heterocycles. The van der Waals surface area contributed by atoms with Crippen LogP contribution >= 0.6 is 23.2 Å². The highest BCUT2D eigenvalue weighted by Crippen LogP contribution is 2.03. The van der Waals surface area contributed by atoms with Gasteiger partial charge in [-0.15, -0.1) is 0 Å². The predicted octanol–water partition coefficient (Wildman–Crippen LogP) is 0.221. The molecular weight excluding hydrogens is 231 g/mol. The molecule has 0 aliphatic rings. The second-order valence-corrected chi connectivity index (χ2v) is 4.42. The smallest absolute Gasteiger partial charge is 0.339 e. The summed E-state index contributed by atoms with van der Waals surface area (Å²) in [6.45, 7) is -0.465. The Bertz CT molecular complexity index is 246. The van der Waals surface area contributed by atoms with Crippen molar-refractivity contribution in [2.45, 2.75) is 4.84 Å². The number of carbonyl (C=O) groups excluding carboxylic acids is 1. The van der Waals surface area contributed by atoms with Crippen LogP contribution in [0.25, 0.3) is 0 Å². The zero-order valence-electron chi connectivity index (χ0n) is 5.74.